The third-order valence-corrected chi connectivity index (χ3v) is 2.79. The van der Waals surface area contributed by atoms with Gasteiger partial charge in [0.1, 0.15) is 12.2 Å². The van der Waals surface area contributed by atoms with E-state index in [1.807, 2.05) is 0 Å². The summed E-state index contributed by atoms with van der Waals surface area (Å²) < 4.78 is 4.69. The molecule has 0 aliphatic carbocycles. The fourth-order valence-electron chi connectivity index (χ4n) is 1.23. The van der Waals surface area contributed by atoms with Crippen LogP contribution in [0, 0.1) is 10.1 Å². The second-order valence-corrected chi connectivity index (χ2v) is 3.96. The highest BCUT2D eigenvalue weighted by atomic mass is 35.5. The third kappa shape index (κ3) is 4.74. The molecule has 0 aromatic heterocycles. The van der Waals surface area contributed by atoms with Crippen molar-refractivity contribution in [2.45, 2.75) is 6.92 Å². The molecule has 6 nitrogen and oxygen atoms in total. The van der Waals surface area contributed by atoms with Crippen LogP contribution in [-0.4, -0.2) is 24.0 Å². The number of hydrogen-bond donors (Lipinski definition) is 1. The molecule has 9 heteroatoms. The van der Waals surface area contributed by atoms with Crippen molar-refractivity contribution in [1.29, 1.82) is 0 Å². The van der Waals surface area contributed by atoms with Crippen LogP contribution in [0.2, 0.25) is 10.0 Å². The molecule has 0 radical (unpaired) electrons. The van der Waals surface area contributed by atoms with Crippen molar-refractivity contribution < 1.29 is 14.5 Å². The van der Waals surface area contributed by atoms with Crippen molar-refractivity contribution >= 4 is 53.0 Å². The van der Waals surface area contributed by atoms with E-state index in [-0.39, 0.29) is 47.0 Å². The second kappa shape index (κ2) is 8.04. The van der Waals surface area contributed by atoms with E-state index in [0.29, 0.717) is 0 Å². The number of ether oxygens (including phenoxy) is 1. The van der Waals surface area contributed by atoms with Gasteiger partial charge >= 0.3 is 5.97 Å². The van der Waals surface area contributed by atoms with E-state index >= 15 is 0 Å². The zero-order valence-corrected chi connectivity index (χ0v) is 12.1. The Bertz CT molecular complexity index is 482. The van der Waals surface area contributed by atoms with Crippen LogP contribution in [0.25, 0.3) is 0 Å². The lowest BCUT2D eigenvalue weighted by atomic mass is 10.2. The van der Waals surface area contributed by atoms with E-state index in [4.69, 9.17) is 23.2 Å². The van der Waals surface area contributed by atoms with Gasteiger partial charge in [0.15, 0.2) is 0 Å². The van der Waals surface area contributed by atoms with Crippen LogP contribution in [0.5, 0.6) is 0 Å². The lowest BCUT2D eigenvalue weighted by molar-refractivity contribution is -0.383. The normalized spacial score (nSPS) is 9.42. The predicted octanol–water partition coefficient (Wildman–Crippen LogP) is 3.30. The highest BCUT2D eigenvalue weighted by Crippen LogP contribution is 2.37. The first-order chi connectivity index (χ1) is 8.47. The molecule has 0 bridgehead atoms. The van der Waals surface area contributed by atoms with Gasteiger partial charge in [0.2, 0.25) is 0 Å². The van der Waals surface area contributed by atoms with E-state index in [2.05, 4.69) is 10.1 Å². The molecule has 0 atom stereocenters. The Hall–Kier alpha value is -1.24. The maximum Gasteiger partial charge on any atom is 0.325 e. The zero-order chi connectivity index (χ0) is 13.7. The number of benzene rings is 1. The Labute approximate surface area is 125 Å². The van der Waals surface area contributed by atoms with Crippen LogP contribution >= 0.6 is 35.6 Å². The number of nitrogens with zero attached hydrogens (tertiary/aromatic N) is 1. The molecule has 1 aromatic rings. The van der Waals surface area contributed by atoms with Gasteiger partial charge in [-0.2, -0.15) is 0 Å². The number of esters is 1. The first kappa shape index (κ1) is 17.8. The van der Waals surface area contributed by atoms with E-state index in [1.54, 1.807) is 6.92 Å². The standard InChI is InChI=1S/C10H10Cl2N2O4.ClH/c1-2-18-8(15)5-13-10-7(14(16)17)4-3-6(11)9(10)12;/h3-4,13H,2,5H2,1H3;1H. The largest absolute Gasteiger partial charge is 0.465 e. The van der Waals surface area contributed by atoms with Gasteiger partial charge in [-0.1, -0.05) is 23.2 Å². The summed E-state index contributed by atoms with van der Waals surface area (Å²) in [7, 11) is 0. The molecule has 0 saturated carbocycles. The van der Waals surface area contributed by atoms with Crippen LogP contribution in [-0.2, 0) is 9.53 Å². The van der Waals surface area contributed by atoms with Gasteiger partial charge in [0.25, 0.3) is 5.69 Å². The lowest BCUT2D eigenvalue weighted by Gasteiger charge is -2.09. The van der Waals surface area contributed by atoms with Crippen molar-refractivity contribution in [2.75, 3.05) is 18.5 Å². The van der Waals surface area contributed by atoms with E-state index in [0.717, 1.165) is 0 Å². The number of hydrogen-bond acceptors (Lipinski definition) is 5. The minimum absolute atomic E-state index is 0. The number of carbonyl (C=O) groups is 1. The van der Waals surface area contributed by atoms with Crippen molar-refractivity contribution in [3.05, 3.63) is 32.3 Å². The molecule has 0 heterocycles. The summed E-state index contributed by atoms with van der Waals surface area (Å²) in [6.45, 7) is 1.66. The van der Waals surface area contributed by atoms with Gasteiger partial charge in [-0.05, 0) is 13.0 Å². The molecule has 1 rings (SSSR count). The summed E-state index contributed by atoms with van der Waals surface area (Å²) in [4.78, 5) is 21.4. The fraction of sp³-hybridized carbons (Fsp3) is 0.300. The van der Waals surface area contributed by atoms with Crippen LogP contribution in [0.15, 0.2) is 12.1 Å². The first-order valence-corrected chi connectivity index (χ1v) is 5.74. The molecule has 106 valence electrons. The highest BCUT2D eigenvalue weighted by molar-refractivity contribution is 6.44. The van der Waals surface area contributed by atoms with Crippen LogP contribution in [0.1, 0.15) is 6.92 Å². The maximum absolute atomic E-state index is 11.2. The molecule has 0 aliphatic heterocycles. The molecule has 0 unspecified atom stereocenters. The number of carbonyl (C=O) groups excluding carboxylic acids is 1. The summed E-state index contributed by atoms with van der Waals surface area (Å²) in [5, 5.41) is 13.5. The summed E-state index contributed by atoms with van der Waals surface area (Å²) in [5.74, 6) is -0.539. The van der Waals surface area contributed by atoms with Crippen LogP contribution in [0.3, 0.4) is 0 Å². The minimum atomic E-state index is -0.615. The van der Waals surface area contributed by atoms with Crippen LogP contribution in [0.4, 0.5) is 11.4 Å². The molecule has 1 N–H and O–H groups in total. The van der Waals surface area contributed by atoms with Gasteiger partial charge in [-0.3, -0.25) is 14.9 Å². The van der Waals surface area contributed by atoms with Gasteiger partial charge in [-0.25, -0.2) is 0 Å². The first-order valence-electron chi connectivity index (χ1n) is 4.99. The number of rotatable bonds is 5. The van der Waals surface area contributed by atoms with E-state index < -0.39 is 10.9 Å². The zero-order valence-electron chi connectivity index (χ0n) is 9.81. The van der Waals surface area contributed by atoms with Crippen molar-refractivity contribution in [2.24, 2.45) is 0 Å². The quantitative estimate of drug-likeness (QED) is 0.509. The third-order valence-electron chi connectivity index (χ3n) is 1.98. The van der Waals surface area contributed by atoms with Gasteiger partial charge in [0.05, 0.1) is 21.6 Å². The average molecular weight is 330 g/mol. The minimum Gasteiger partial charge on any atom is -0.465 e. The number of halogens is 3. The number of nitro benzene ring substituents is 1. The highest BCUT2D eigenvalue weighted by Gasteiger charge is 2.19. The topological polar surface area (TPSA) is 81.5 Å². The lowest BCUT2D eigenvalue weighted by Crippen LogP contribution is -2.17. The molecule has 0 fully saturated rings. The Morgan fingerprint density at radius 3 is 2.63 bits per heavy atom. The fourth-order valence-corrected chi connectivity index (χ4v) is 1.62. The summed E-state index contributed by atoms with van der Waals surface area (Å²) in [5.41, 5.74) is -0.254. The molecular formula is C10H11Cl3N2O4. The Balaban J connectivity index is 0.00000324. The van der Waals surface area contributed by atoms with E-state index in [1.165, 1.54) is 12.1 Å². The smallest absolute Gasteiger partial charge is 0.325 e. The van der Waals surface area contributed by atoms with Crippen LogP contribution < -0.4 is 5.32 Å². The Kier molecular flexibility index (Phi) is 7.51. The van der Waals surface area contributed by atoms with Crippen molar-refractivity contribution in [3.8, 4) is 0 Å². The summed E-state index contributed by atoms with van der Waals surface area (Å²) >= 11 is 11.6. The molecule has 0 aliphatic rings. The SMILES string of the molecule is CCOC(=O)CNc1c([N+](=O)[O-])ccc(Cl)c1Cl.Cl. The van der Waals surface area contributed by atoms with Gasteiger partial charge in [0, 0.05) is 6.07 Å². The summed E-state index contributed by atoms with van der Waals surface area (Å²) in [6, 6.07) is 2.53. The monoisotopic (exact) mass is 328 g/mol. The summed E-state index contributed by atoms with van der Waals surface area (Å²) in [6.07, 6.45) is 0. The number of nitro groups is 1. The van der Waals surface area contributed by atoms with Crippen molar-refractivity contribution in [1.82, 2.24) is 0 Å². The molecule has 19 heavy (non-hydrogen) atoms. The van der Waals surface area contributed by atoms with Crippen molar-refractivity contribution in [3.63, 3.8) is 0 Å². The average Bonchev–Trinajstić information content (AvgIpc) is 2.31. The maximum atomic E-state index is 11.2. The van der Waals surface area contributed by atoms with Gasteiger partial charge < -0.3 is 10.1 Å². The molecule has 0 amide bonds. The molecular weight excluding hydrogens is 318 g/mol. The van der Waals surface area contributed by atoms with Gasteiger partial charge in [-0.15, -0.1) is 12.4 Å². The molecule has 0 saturated heterocycles. The van der Waals surface area contributed by atoms with E-state index in [9.17, 15) is 14.9 Å². The molecule has 1 aromatic carbocycles. The number of nitrogens with one attached hydrogen (secondary N) is 1. The Morgan fingerprint density at radius 2 is 2.11 bits per heavy atom. The second-order valence-electron chi connectivity index (χ2n) is 3.17. The predicted molar refractivity (Wildman–Crippen MR) is 75.5 cm³/mol. The number of anilines is 1. The molecule has 0 spiro atoms. The Morgan fingerprint density at radius 1 is 1.47 bits per heavy atom.